The minimum Gasteiger partial charge on any atom is -0.308 e. The first-order valence-corrected chi connectivity index (χ1v) is 9.21. The number of carbonyl (C=O) groups is 1. The number of hydrogen-bond acceptors (Lipinski definition) is 3. The molecule has 2 aromatic carbocycles. The van der Waals surface area contributed by atoms with Crippen molar-refractivity contribution in [3.8, 4) is 11.1 Å². The molecule has 0 saturated heterocycles. The Morgan fingerprint density at radius 3 is 2.61 bits per heavy atom. The third-order valence-electron chi connectivity index (χ3n) is 4.68. The first kappa shape index (κ1) is 17.7. The Kier molecular flexibility index (Phi) is 4.76. The molecule has 0 spiro atoms. The van der Waals surface area contributed by atoms with Crippen LogP contribution in [0.5, 0.6) is 0 Å². The van der Waals surface area contributed by atoms with Crippen molar-refractivity contribution in [2.45, 2.75) is 20.3 Å². The number of aryl methyl sites for hydroxylation is 2. The lowest BCUT2D eigenvalue weighted by atomic mass is 10.0. The summed E-state index contributed by atoms with van der Waals surface area (Å²) in [5.74, 6) is 0. The monoisotopic (exact) mass is 371 g/mol. The highest BCUT2D eigenvalue weighted by atomic mass is 16.2. The average molecular weight is 371 g/mol. The molecule has 28 heavy (non-hydrogen) atoms. The number of benzene rings is 2. The summed E-state index contributed by atoms with van der Waals surface area (Å²) in [5, 5.41) is 13.9. The van der Waals surface area contributed by atoms with Crippen LogP contribution < -0.4 is 10.6 Å². The molecule has 0 unspecified atom stereocenters. The molecule has 2 amide bonds. The van der Waals surface area contributed by atoms with Crippen molar-refractivity contribution in [2.24, 2.45) is 0 Å². The van der Waals surface area contributed by atoms with E-state index in [1.807, 2.05) is 61.5 Å². The summed E-state index contributed by atoms with van der Waals surface area (Å²) in [4.78, 5) is 16.6. The standard InChI is InChI=1S/C22H21N5O/c1-3-15-5-4-6-18(13-15)25-22(28)24-17-9-7-16(8-10-17)19-11-12-23-21-20(19)14(2)26-27-21/h4-13H,3H2,1-2H3,(H,23,26,27)(H2,24,25,28). The number of aromatic nitrogens is 3. The molecule has 6 heteroatoms. The van der Waals surface area contributed by atoms with Gasteiger partial charge in [0.15, 0.2) is 5.65 Å². The van der Waals surface area contributed by atoms with Crippen LogP contribution in [0, 0.1) is 6.92 Å². The van der Waals surface area contributed by atoms with Crippen LogP contribution in [0.1, 0.15) is 18.2 Å². The van der Waals surface area contributed by atoms with Crippen molar-refractivity contribution in [1.29, 1.82) is 0 Å². The molecule has 0 fully saturated rings. The van der Waals surface area contributed by atoms with Gasteiger partial charge in [-0.2, -0.15) is 5.10 Å². The molecule has 2 heterocycles. The second kappa shape index (κ2) is 7.52. The first-order valence-electron chi connectivity index (χ1n) is 9.21. The maximum Gasteiger partial charge on any atom is 0.323 e. The molecule has 140 valence electrons. The normalized spacial score (nSPS) is 10.8. The number of nitrogens with one attached hydrogen (secondary N) is 3. The molecular formula is C22H21N5O. The number of anilines is 2. The summed E-state index contributed by atoms with van der Waals surface area (Å²) in [7, 11) is 0. The van der Waals surface area contributed by atoms with E-state index in [2.05, 4.69) is 32.7 Å². The number of carbonyl (C=O) groups excluding carboxylic acids is 1. The second-order valence-electron chi connectivity index (χ2n) is 6.62. The number of H-pyrrole nitrogens is 1. The summed E-state index contributed by atoms with van der Waals surface area (Å²) in [6.45, 7) is 4.07. The van der Waals surface area contributed by atoms with Crippen LogP contribution in [0.2, 0.25) is 0 Å². The fraction of sp³-hybridized carbons (Fsp3) is 0.136. The van der Waals surface area contributed by atoms with E-state index in [4.69, 9.17) is 0 Å². The van der Waals surface area contributed by atoms with Crippen molar-refractivity contribution in [1.82, 2.24) is 15.2 Å². The Morgan fingerprint density at radius 2 is 1.82 bits per heavy atom. The van der Waals surface area contributed by atoms with E-state index in [-0.39, 0.29) is 6.03 Å². The number of nitrogens with zero attached hydrogens (tertiary/aromatic N) is 2. The van der Waals surface area contributed by atoms with E-state index in [9.17, 15) is 4.79 Å². The summed E-state index contributed by atoms with van der Waals surface area (Å²) in [6, 6.07) is 17.3. The molecule has 4 aromatic rings. The van der Waals surface area contributed by atoms with Gasteiger partial charge in [-0.1, -0.05) is 31.2 Å². The van der Waals surface area contributed by atoms with E-state index in [0.717, 1.165) is 40.0 Å². The number of urea groups is 1. The van der Waals surface area contributed by atoms with E-state index in [1.165, 1.54) is 5.56 Å². The van der Waals surface area contributed by atoms with Crippen molar-refractivity contribution in [3.63, 3.8) is 0 Å². The highest BCUT2D eigenvalue weighted by Crippen LogP contribution is 2.29. The average Bonchev–Trinajstić information content (AvgIpc) is 3.10. The maximum absolute atomic E-state index is 12.3. The van der Waals surface area contributed by atoms with Crippen LogP contribution in [0.3, 0.4) is 0 Å². The second-order valence-corrected chi connectivity index (χ2v) is 6.62. The van der Waals surface area contributed by atoms with Crippen LogP contribution in [-0.2, 0) is 6.42 Å². The van der Waals surface area contributed by atoms with Gasteiger partial charge in [-0.3, -0.25) is 5.10 Å². The first-order chi connectivity index (χ1) is 13.6. The smallest absolute Gasteiger partial charge is 0.308 e. The van der Waals surface area contributed by atoms with Crippen LogP contribution in [0.4, 0.5) is 16.2 Å². The molecule has 0 aliphatic carbocycles. The highest BCUT2D eigenvalue weighted by Gasteiger charge is 2.10. The molecular weight excluding hydrogens is 350 g/mol. The fourth-order valence-electron chi connectivity index (χ4n) is 3.23. The lowest BCUT2D eigenvalue weighted by molar-refractivity contribution is 0.262. The van der Waals surface area contributed by atoms with E-state index >= 15 is 0 Å². The zero-order valence-corrected chi connectivity index (χ0v) is 15.8. The molecule has 6 nitrogen and oxygen atoms in total. The van der Waals surface area contributed by atoms with E-state index in [1.54, 1.807) is 6.20 Å². The number of aromatic amines is 1. The molecule has 0 aliphatic rings. The zero-order chi connectivity index (χ0) is 19.5. The van der Waals surface area contributed by atoms with E-state index in [0.29, 0.717) is 5.65 Å². The maximum atomic E-state index is 12.3. The minimum atomic E-state index is -0.266. The van der Waals surface area contributed by atoms with Gasteiger partial charge in [-0.15, -0.1) is 0 Å². The lowest BCUT2D eigenvalue weighted by Crippen LogP contribution is -2.19. The van der Waals surface area contributed by atoms with Crippen LogP contribution >= 0.6 is 0 Å². The number of hydrogen-bond donors (Lipinski definition) is 3. The Labute approximate surface area is 163 Å². The number of rotatable bonds is 4. The fourth-order valence-corrected chi connectivity index (χ4v) is 3.23. The molecule has 0 atom stereocenters. The summed E-state index contributed by atoms with van der Waals surface area (Å²) >= 11 is 0. The summed E-state index contributed by atoms with van der Waals surface area (Å²) < 4.78 is 0. The zero-order valence-electron chi connectivity index (χ0n) is 15.8. The molecule has 0 aliphatic heterocycles. The number of fused-ring (bicyclic) bond motifs is 1. The third-order valence-corrected chi connectivity index (χ3v) is 4.68. The molecule has 0 radical (unpaired) electrons. The van der Waals surface area contributed by atoms with Gasteiger partial charge in [0.05, 0.1) is 0 Å². The molecule has 3 N–H and O–H groups in total. The van der Waals surface area contributed by atoms with Gasteiger partial charge in [0.2, 0.25) is 0 Å². The van der Waals surface area contributed by atoms with Crippen LogP contribution in [0.25, 0.3) is 22.2 Å². The number of pyridine rings is 1. The van der Waals surface area contributed by atoms with Gasteiger partial charge in [-0.05, 0) is 60.4 Å². The van der Waals surface area contributed by atoms with Gasteiger partial charge in [0, 0.05) is 28.7 Å². The minimum absolute atomic E-state index is 0.266. The predicted octanol–water partition coefficient (Wildman–Crippen LogP) is 5.14. The topological polar surface area (TPSA) is 82.7 Å². The quantitative estimate of drug-likeness (QED) is 0.464. The SMILES string of the molecule is CCc1cccc(NC(=O)Nc2ccc(-c3ccnc4n[nH]c(C)c34)cc2)c1. The van der Waals surface area contributed by atoms with Crippen LogP contribution in [-0.4, -0.2) is 21.2 Å². The van der Waals surface area contributed by atoms with Crippen molar-refractivity contribution < 1.29 is 4.79 Å². The number of amides is 2. The van der Waals surface area contributed by atoms with Crippen molar-refractivity contribution >= 4 is 28.4 Å². The summed E-state index contributed by atoms with van der Waals surface area (Å²) in [5.41, 5.74) is 6.47. The Balaban J connectivity index is 1.50. The van der Waals surface area contributed by atoms with Gasteiger partial charge in [0.1, 0.15) is 0 Å². The largest absolute Gasteiger partial charge is 0.323 e. The Morgan fingerprint density at radius 1 is 1.04 bits per heavy atom. The van der Waals surface area contributed by atoms with Gasteiger partial charge >= 0.3 is 6.03 Å². The third kappa shape index (κ3) is 3.57. The van der Waals surface area contributed by atoms with Gasteiger partial charge < -0.3 is 10.6 Å². The van der Waals surface area contributed by atoms with Crippen LogP contribution in [0.15, 0.2) is 60.8 Å². The van der Waals surface area contributed by atoms with Gasteiger partial charge in [-0.25, -0.2) is 9.78 Å². The van der Waals surface area contributed by atoms with E-state index < -0.39 is 0 Å². The Bertz CT molecular complexity index is 1130. The lowest BCUT2D eigenvalue weighted by Gasteiger charge is -2.10. The van der Waals surface area contributed by atoms with Crippen molar-refractivity contribution in [3.05, 3.63) is 72.1 Å². The highest BCUT2D eigenvalue weighted by molar-refractivity contribution is 6.00. The molecule has 0 bridgehead atoms. The van der Waals surface area contributed by atoms with Gasteiger partial charge in [0.25, 0.3) is 0 Å². The Hall–Kier alpha value is -3.67. The predicted molar refractivity (Wildman–Crippen MR) is 113 cm³/mol. The molecule has 4 rings (SSSR count). The molecule has 0 saturated carbocycles. The van der Waals surface area contributed by atoms with Crippen molar-refractivity contribution in [2.75, 3.05) is 10.6 Å². The summed E-state index contributed by atoms with van der Waals surface area (Å²) in [6.07, 6.45) is 2.68. The molecule has 2 aromatic heterocycles.